The Bertz CT molecular complexity index is 491. The molecule has 22 heavy (non-hydrogen) atoms. The maximum Gasteiger partial charge on any atom is 0.321 e. The Labute approximate surface area is 130 Å². The Balaban J connectivity index is 2.66. The van der Waals surface area contributed by atoms with Gasteiger partial charge in [0.05, 0.1) is 12.6 Å². The first-order valence-electron chi connectivity index (χ1n) is 7.23. The van der Waals surface area contributed by atoms with Gasteiger partial charge in [0.2, 0.25) is 5.91 Å². The second-order valence-corrected chi connectivity index (χ2v) is 4.83. The number of carbonyl (C=O) groups is 2. The molecule has 3 amide bonds. The average Bonchev–Trinajstić information content (AvgIpc) is 2.52. The van der Waals surface area contributed by atoms with Crippen molar-refractivity contribution >= 4 is 17.6 Å². The molecule has 6 heteroatoms. The maximum absolute atomic E-state index is 11.9. The number of imide groups is 1. The second kappa shape index (κ2) is 9.57. The molecule has 1 rings (SSSR count). The van der Waals surface area contributed by atoms with Gasteiger partial charge in [-0.05, 0) is 18.6 Å². The summed E-state index contributed by atoms with van der Waals surface area (Å²) in [6.07, 6.45) is 1.57. The van der Waals surface area contributed by atoms with Gasteiger partial charge in [0, 0.05) is 18.8 Å². The van der Waals surface area contributed by atoms with E-state index in [1.807, 2.05) is 37.3 Å². The standard InChI is InChI=1S/C16H23N3O3/c1-3-10-17-16(22)18-15(21)12-19(11-14(20)4-2)13-8-6-5-7-9-13/h3,5-9,14,20H,1,4,10-12H2,2H3,(H2,17,18,21,22). The predicted molar refractivity (Wildman–Crippen MR) is 86.7 cm³/mol. The summed E-state index contributed by atoms with van der Waals surface area (Å²) in [6.45, 7) is 5.95. The maximum atomic E-state index is 11.9. The number of hydrogen-bond acceptors (Lipinski definition) is 4. The van der Waals surface area contributed by atoms with Crippen molar-refractivity contribution in [2.24, 2.45) is 0 Å². The minimum Gasteiger partial charge on any atom is -0.391 e. The molecule has 1 aromatic carbocycles. The number of nitrogens with one attached hydrogen (secondary N) is 2. The number of anilines is 1. The van der Waals surface area contributed by atoms with Crippen LogP contribution in [0.25, 0.3) is 0 Å². The number of benzene rings is 1. The zero-order chi connectivity index (χ0) is 16.4. The van der Waals surface area contributed by atoms with E-state index in [0.717, 1.165) is 5.69 Å². The minimum atomic E-state index is -0.561. The molecule has 0 radical (unpaired) electrons. The number of amides is 3. The van der Waals surface area contributed by atoms with Crippen LogP contribution in [0.1, 0.15) is 13.3 Å². The molecule has 0 bridgehead atoms. The molecule has 0 aliphatic carbocycles. The Morgan fingerprint density at radius 3 is 2.64 bits per heavy atom. The first-order valence-corrected chi connectivity index (χ1v) is 7.23. The van der Waals surface area contributed by atoms with E-state index in [1.54, 1.807) is 4.90 Å². The molecule has 0 aliphatic rings. The summed E-state index contributed by atoms with van der Waals surface area (Å²) in [5.41, 5.74) is 0.816. The Morgan fingerprint density at radius 2 is 2.05 bits per heavy atom. The van der Waals surface area contributed by atoms with Crippen molar-refractivity contribution in [3.63, 3.8) is 0 Å². The van der Waals surface area contributed by atoms with E-state index in [0.29, 0.717) is 13.0 Å². The number of hydrogen-bond donors (Lipinski definition) is 3. The number of urea groups is 1. The lowest BCUT2D eigenvalue weighted by Crippen LogP contribution is -2.46. The highest BCUT2D eigenvalue weighted by molar-refractivity contribution is 5.96. The van der Waals surface area contributed by atoms with Crippen LogP contribution in [0.3, 0.4) is 0 Å². The van der Waals surface area contributed by atoms with Gasteiger partial charge < -0.3 is 15.3 Å². The van der Waals surface area contributed by atoms with Gasteiger partial charge in [-0.25, -0.2) is 4.79 Å². The monoisotopic (exact) mass is 305 g/mol. The van der Waals surface area contributed by atoms with Crippen LogP contribution in [0.4, 0.5) is 10.5 Å². The zero-order valence-corrected chi connectivity index (χ0v) is 12.8. The Morgan fingerprint density at radius 1 is 1.36 bits per heavy atom. The van der Waals surface area contributed by atoms with Crippen LogP contribution >= 0.6 is 0 Å². The molecule has 1 atom stereocenters. The lowest BCUT2D eigenvalue weighted by molar-refractivity contribution is -0.118. The van der Waals surface area contributed by atoms with E-state index in [4.69, 9.17) is 0 Å². The molecule has 0 saturated heterocycles. The molecule has 3 N–H and O–H groups in total. The van der Waals surface area contributed by atoms with Gasteiger partial charge in [0.1, 0.15) is 0 Å². The summed E-state index contributed by atoms with van der Waals surface area (Å²) in [5, 5.41) is 14.6. The smallest absolute Gasteiger partial charge is 0.321 e. The fraction of sp³-hybridized carbons (Fsp3) is 0.375. The van der Waals surface area contributed by atoms with Crippen molar-refractivity contribution in [1.29, 1.82) is 0 Å². The largest absolute Gasteiger partial charge is 0.391 e. The fourth-order valence-corrected chi connectivity index (χ4v) is 1.83. The summed E-state index contributed by atoms with van der Waals surface area (Å²) >= 11 is 0. The van der Waals surface area contributed by atoms with Gasteiger partial charge in [-0.1, -0.05) is 31.2 Å². The molecule has 1 unspecified atom stereocenters. The summed E-state index contributed by atoms with van der Waals surface area (Å²) in [7, 11) is 0. The Hall–Kier alpha value is -2.34. The molecule has 0 spiro atoms. The third-order valence-electron chi connectivity index (χ3n) is 3.02. The van der Waals surface area contributed by atoms with E-state index in [-0.39, 0.29) is 13.1 Å². The van der Waals surface area contributed by atoms with Crippen LogP contribution < -0.4 is 15.5 Å². The minimum absolute atomic E-state index is 0.0113. The van der Waals surface area contributed by atoms with Crippen LogP contribution in [0.5, 0.6) is 0 Å². The van der Waals surface area contributed by atoms with E-state index in [2.05, 4.69) is 17.2 Å². The number of aliphatic hydroxyl groups excluding tert-OH is 1. The highest BCUT2D eigenvalue weighted by Crippen LogP contribution is 2.13. The normalized spacial score (nSPS) is 11.4. The summed E-state index contributed by atoms with van der Waals surface area (Å²) in [5.74, 6) is -0.436. The van der Waals surface area contributed by atoms with Gasteiger partial charge in [-0.3, -0.25) is 10.1 Å². The lowest BCUT2D eigenvalue weighted by Gasteiger charge is -2.26. The summed E-state index contributed by atoms with van der Waals surface area (Å²) in [4.78, 5) is 25.1. The summed E-state index contributed by atoms with van der Waals surface area (Å²) in [6, 6.07) is 8.74. The van der Waals surface area contributed by atoms with E-state index >= 15 is 0 Å². The van der Waals surface area contributed by atoms with Gasteiger partial charge in [0.15, 0.2) is 0 Å². The molecule has 0 fully saturated rings. The molecule has 1 aromatic rings. The highest BCUT2D eigenvalue weighted by Gasteiger charge is 2.16. The SMILES string of the molecule is C=CCNC(=O)NC(=O)CN(CC(O)CC)c1ccccc1. The van der Waals surface area contributed by atoms with Crippen molar-refractivity contribution < 1.29 is 14.7 Å². The summed E-state index contributed by atoms with van der Waals surface area (Å²) < 4.78 is 0. The van der Waals surface area contributed by atoms with Crippen LogP contribution in [0.15, 0.2) is 43.0 Å². The number of rotatable bonds is 8. The third-order valence-corrected chi connectivity index (χ3v) is 3.02. The van der Waals surface area contributed by atoms with Gasteiger partial charge in [-0.15, -0.1) is 6.58 Å². The van der Waals surface area contributed by atoms with Crippen LogP contribution in [-0.4, -0.2) is 42.8 Å². The molecule has 0 saturated carbocycles. The van der Waals surface area contributed by atoms with Crippen LogP contribution in [-0.2, 0) is 4.79 Å². The number of carbonyl (C=O) groups excluding carboxylic acids is 2. The van der Waals surface area contributed by atoms with Crippen molar-refractivity contribution in [3.05, 3.63) is 43.0 Å². The van der Waals surface area contributed by atoms with Gasteiger partial charge >= 0.3 is 6.03 Å². The lowest BCUT2D eigenvalue weighted by atomic mass is 10.2. The van der Waals surface area contributed by atoms with Crippen LogP contribution in [0.2, 0.25) is 0 Å². The molecule has 120 valence electrons. The molecular weight excluding hydrogens is 282 g/mol. The predicted octanol–water partition coefficient (Wildman–Crippen LogP) is 1.28. The topological polar surface area (TPSA) is 81.7 Å². The fourth-order valence-electron chi connectivity index (χ4n) is 1.83. The molecule has 0 heterocycles. The number of nitrogens with zero attached hydrogens (tertiary/aromatic N) is 1. The zero-order valence-electron chi connectivity index (χ0n) is 12.8. The highest BCUT2D eigenvalue weighted by atomic mass is 16.3. The van der Waals surface area contributed by atoms with Gasteiger partial charge in [0.25, 0.3) is 0 Å². The molecular formula is C16H23N3O3. The average molecular weight is 305 g/mol. The third kappa shape index (κ3) is 6.41. The first kappa shape index (κ1) is 17.7. The number of para-hydroxylation sites is 1. The molecule has 6 nitrogen and oxygen atoms in total. The van der Waals surface area contributed by atoms with E-state index in [1.165, 1.54) is 6.08 Å². The number of aliphatic hydroxyl groups is 1. The Kier molecular flexibility index (Phi) is 7.70. The van der Waals surface area contributed by atoms with E-state index in [9.17, 15) is 14.7 Å². The van der Waals surface area contributed by atoms with Crippen LogP contribution in [0, 0.1) is 0 Å². The van der Waals surface area contributed by atoms with Gasteiger partial charge in [-0.2, -0.15) is 0 Å². The van der Waals surface area contributed by atoms with E-state index < -0.39 is 18.0 Å². The molecule has 0 aliphatic heterocycles. The first-order chi connectivity index (χ1) is 10.6. The van der Waals surface area contributed by atoms with Crippen molar-refractivity contribution in [2.75, 3.05) is 24.5 Å². The quantitative estimate of drug-likeness (QED) is 0.632. The van der Waals surface area contributed by atoms with Crippen molar-refractivity contribution in [2.45, 2.75) is 19.4 Å². The van der Waals surface area contributed by atoms with Crippen molar-refractivity contribution in [1.82, 2.24) is 10.6 Å². The second-order valence-electron chi connectivity index (χ2n) is 4.83. The van der Waals surface area contributed by atoms with Crippen molar-refractivity contribution in [3.8, 4) is 0 Å². The molecule has 0 aromatic heterocycles.